The van der Waals surface area contributed by atoms with Crippen molar-refractivity contribution in [1.82, 2.24) is 10.6 Å². The summed E-state index contributed by atoms with van der Waals surface area (Å²) in [5.41, 5.74) is -0.0524. The number of aliphatic hydroxyl groups excluding tert-OH is 1. The summed E-state index contributed by atoms with van der Waals surface area (Å²) in [7, 11) is 0. The molecular formula is C16H21F3N2O2. The van der Waals surface area contributed by atoms with Crippen LogP contribution in [0.1, 0.15) is 31.7 Å². The number of carbonyl (C=O) groups is 1. The van der Waals surface area contributed by atoms with Crippen molar-refractivity contribution in [3.8, 4) is 0 Å². The molecule has 2 rings (SSSR count). The van der Waals surface area contributed by atoms with Gasteiger partial charge < -0.3 is 15.7 Å². The van der Waals surface area contributed by atoms with Crippen LogP contribution in [0.4, 0.5) is 18.0 Å². The number of nitrogens with one attached hydrogen (secondary N) is 2. The number of urea groups is 1. The fraction of sp³-hybridized carbons (Fsp3) is 0.562. The summed E-state index contributed by atoms with van der Waals surface area (Å²) in [5.74, 6) is -3.98. The van der Waals surface area contributed by atoms with Crippen LogP contribution in [-0.2, 0) is 6.42 Å². The number of halogens is 3. The molecule has 0 spiro atoms. The van der Waals surface area contributed by atoms with Crippen molar-refractivity contribution in [3.05, 3.63) is 35.1 Å². The second-order valence-corrected chi connectivity index (χ2v) is 6.28. The Morgan fingerprint density at radius 2 is 2.00 bits per heavy atom. The third kappa shape index (κ3) is 4.16. The summed E-state index contributed by atoms with van der Waals surface area (Å²) in [6, 6.07) is 1.34. The van der Waals surface area contributed by atoms with Crippen molar-refractivity contribution in [2.75, 3.05) is 13.2 Å². The van der Waals surface area contributed by atoms with Gasteiger partial charge in [0, 0.05) is 18.0 Å². The van der Waals surface area contributed by atoms with Crippen molar-refractivity contribution in [1.29, 1.82) is 0 Å². The molecule has 1 aliphatic rings. The summed E-state index contributed by atoms with van der Waals surface area (Å²) in [6.07, 6.45) is 2.78. The third-order valence-corrected chi connectivity index (χ3v) is 4.49. The van der Waals surface area contributed by atoms with Gasteiger partial charge in [0.05, 0.1) is 6.61 Å². The van der Waals surface area contributed by atoms with E-state index in [0.717, 1.165) is 31.4 Å². The standard InChI is InChI=1S/C16H21F3N2O2/c1-16(9-22)5-2-3-13(16)21-15(23)20-6-4-10-7-11(17)14(19)12(18)8-10/h7-8,13,22H,2-6,9H2,1H3,(H2,20,21,23). The van der Waals surface area contributed by atoms with Gasteiger partial charge >= 0.3 is 6.03 Å². The normalized spacial score (nSPS) is 23.8. The van der Waals surface area contributed by atoms with Crippen molar-refractivity contribution in [2.24, 2.45) is 5.41 Å². The van der Waals surface area contributed by atoms with Crippen LogP contribution >= 0.6 is 0 Å². The van der Waals surface area contributed by atoms with Crippen LogP contribution in [-0.4, -0.2) is 30.3 Å². The summed E-state index contributed by atoms with van der Waals surface area (Å²) < 4.78 is 39.0. The topological polar surface area (TPSA) is 61.4 Å². The molecule has 1 aromatic rings. The van der Waals surface area contributed by atoms with E-state index in [2.05, 4.69) is 10.6 Å². The number of hydrogen-bond donors (Lipinski definition) is 3. The van der Waals surface area contributed by atoms with Gasteiger partial charge in [0.15, 0.2) is 17.5 Å². The molecule has 0 bridgehead atoms. The predicted molar refractivity (Wildman–Crippen MR) is 79.4 cm³/mol. The summed E-state index contributed by atoms with van der Waals surface area (Å²) in [6.45, 7) is 2.10. The molecule has 0 radical (unpaired) electrons. The Balaban J connectivity index is 1.81. The van der Waals surface area contributed by atoms with Gasteiger partial charge in [0.2, 0.25) is 0 Å². The van der Waals surface area contributed by atoms with Gasteiger partial charge in [-0.25, -0.2) is 18.0 Å². The van der Waals surface area contributed by atoms with E-state index >= 15 is 0 Å². The molecule has 2 unspecified atom stereocenters. The molecule has 1 fully saturated rings. The highest BCUT2D eigenvalue weighted by atomic mass is 19.2. The van der Waals surface area contributed by atoms with E-state index in [1.807, 2.05) is 6.92 Å². The highest BCUT2D eigenvalue weighted by Gasteiger charge is 2.39. The van der Waals surface area contributed by atoms with Crippen molar-refractivity contribution < 1.29 is 23.1 Å². The Kier molecular flexibility index (Phi) is 5.51. The molecule has 1 aromatic carbocycles. The molecule has 0 aliphatic heterocycles. The Labute approximate surface area is 133 Å². The SMILES string of the molecule is CC1(CO)CCCC1NC(=O)NCCc1cc(F)c(F)c(F)c1. The summed E-state index contributed by atoms with van der Waals surface area (Å²) in [4.78, 5) is 11.9. The first-order chi connectivity index (χ1) is 10.9. The van der Waals surface area contributed by atoms with Crippen LogP contribution in [0.15, 0.2) is 12.1 Å². The van der Waals surface area contributed by atoms with E-state index in [1.165, 1.54) is 0 Å². The lowest BCUT2D eigenvalue weighted by atomic mass is 9.86. The highest BCUT2D eigenvalue weighted by molar-refractivity contribution is 5.74. The van der Waals surface area contributed by atoms with E-state index < -0.39 is 17.5 Å². The zero-order valence-electron chi connectivity index (χ0n) is 13.0. The van der Waals surface area contributed by atoms with Gasteiger partial charge in [-0.05, 0) is 37.0 Å². The second kappa shape index (κ2) is 7.21. The van der Waals surface area contributed by atoms with E-state index in [1.54, 1.807) is 0 Å². The highest BCUT2D eigenvalue weighted by Crippen LogP contribution is 2.37. The molecule has 2 amide bonds. The van der Waals surface area contributed by atoms with Crippen molar-refractivity contribution in [3.63, 3.8) is 0 Å². The third-order valence-electron chi connectivity index (χ3n) is 4.49. The zero-order valence-corrected chi connectivity index (χ0v) is 13.0. The average molecular weight is 330 g/mol. The first-order valence-electron chi connectivity index (χ1n) is 7.64. The number of carbonyl (C=O) groups excluding carboxylic acids is 1. The number of hydrogen-bond acceptors (Lipinski definition) is 2. The largest absolute Gasteiger partial charge is 0.396 e. The van der Waals surface area contributed by atoms with E-state index in [0.29, 0.717) is 0 Å². The quantitative estimate of drug-likeness (QED) is 0.727. The smallest absolute Gasteiger partial charge is 0.315 e. The minimum atomic E-state index is -1.50. The van der Waals surface area contributed by atoms with Gasteiger partial charge in [-0.1, -0.05) is 13.3 Å². The Bertz CT molecular complexity index is 559. The van der Waals surface area contributed by atoms with E-state index in [-0.39, 0.29) is 42.6 Å². The Morgan fingerprint density at radius 1 is 1.35 bits per heavy atom. The van der Waals surface area contributed by atoms with Crippen LogP contribution in [0, 0.1) is 22.9 Å². The fourth-order valence-corrected chi connectivity index (χ4v) is 2.95. The predicted octanol–water partition coefficient (Wildman–Crippen LogP) is 2.50. The van der Waals surface area contributed by atoms with Gasteiger partial charge in [0.1, 0.15) is 0 Å². The fourth-order valence-electron chi connectivity index (χ4n) is 2.95. The van der Waals surface area contributed by atoms with Gasteiger partial charge in [-0.3, -0.25) is 0 Å². The monoisotopic (exact) mass is 330 g/mol. The second-order valence-electron chi connectivity index (χ2n) is 6.28. The molecule has 128 valence electrons. The molecule has 23 heavy (non-hydrogen) atoms. The lowest BCUT2D eigenvalue weighted by Crippen LogP contribution is -2.48. The average Bonchev–Trinajstić information content (AvgIpc) is 2.86. The molecule has 3 N–H and O–H groups in total. The van der Waals surface area contributed by atoms with E-state index in [9.17, 15) is 23.1 Å². The van der Waals surface area contributed by atoms with Crippen molar-refractivity contribution in [2.45, 2.75) is 38.6 Å². The van der Waals surface area contributed by atoms with Crippen LogP contribution < -0.4 is 10.6 Å². The molecule has 0 aromatic heterocycles. The molecule has 0 heterocycles. The van der Waals surface area contributed by atoms with Crippen LogP contribution in [0.2, 0.25) is 0 Å². The minimum absolute atomic E-state index is 0.00603. The van der Waals surface area contributed by atoms with Crippen molar-refractivity contribution >= 4 is 6.03 Å². The molecule has 1 aliphatic carbocycles. The zero-order chi connectivity index (χ0) is 17.0. The number of aliphatic hydroxyl groups is 1. The van der Waals surface area contributed by atoms with Gasteiger partial charge in [-0.15, -0.1) is 0 Å². The van der Waals surface area contributed by atoms with Gasteiger partial charge in [-0.2, -0.15) is 0 Å². The summed E-state index contributed by atoms with van der Waals surface area (Å²) >= 11 is 0. The maximum Gasteiger partial charge on any atom is 0.315 e. The molecular weight excluding hydrogens is 309 g/mol. The first-order valence-corrected chi connectivity index (χ1v) is 7.64. The number of amides is 2. The minimum Gasteiger partial charge on any atom is -0.396 e. The van der Waals surface area contributed by atoms with Gasteiger partial charge in [0.25, 0.3) is 0 Å². The Morgan fingerprint density at radius 3 is 2.61 bits per heavy atom. The number of benzene rings is 1. The molecule has 7 heteroatoms. The number of rotatable bonds is 5. The maximum atomic E-state index is 13.1. The molecule has 4 nitrogen and oxygen atoms in total. The maximum absolute atomic E-state index is 13.1. The van der Waals surface area contributed by atoms with E-state index in [4.69, 9.17) is 0 Å². The van der Waals surface area contributed by atoms with Crippen LogP contribution in [0.5, 0.6) is 0 Å². The van der Waals surface area contributed by atoms with Crippen LogP contribution in [0.3, 0.4) is 0 Å². The lowest BCUT2D eigenvalue weighted by molar-refractivity contribution is 0.121. The lowest BCUT2D eigenvalue weighted by Gasteiger charge is -2.30. The Hall–Kier alpha value is -1.76. The van der Waals surface area contributed by atoms with Crippen LogP contribution in [0.25, 0.3) is 0 Å². The molecule has 1 saturated carbocycles. The summed E-state index contributed by atoms with van der Waals surface area (Å²) in [5, 5.41) is 14.9. The molecule has 2 atom stereocenters. The molecule has 0 saturated heterocycles. The first kappa shape index (κ1) is 17.6.